The van der Waals surface area contributed by atoms with Crippen LogP contribution in [0.25, 0.3) is 0 Å². The van der Waals surface area contributed by atoms with Gasteiger partial charge in [-0.2, -0.15) is 9.40 Å². The Morgan fingerprint density at radius 2 is 2.22 bits per heavy atom. The fourth-order valence-corrected chi connectivity index (χ4v) is 3.97. The minimum Gasteiger partial charge on any atom is -0.327 e. The van der Waals surface area contributed by atoms with E-state index in [0.717, 1.165) is 12.8 Å². The SMILES string of the molecule is CC(C)n1nccc1S(=O)(=O)N1CCC[C@H](N)C1. The van der Waals surface area contributed by atoms with Gasteiger partial charge in [-0.25, -0.2) is 8.42 Å². The summed E-state index contributed by atoms with van der Waals surface area (Å²) in [4.78, 5) is 0. The van der Waals surface area contributed by atoms with Crippen LogP contribution in [0.2, 0.25) is 0 Å². The van der Waals surface area contributed by atoms with Gasteiger partial charge in [-0.1, -0.05) is 0 Å². The van der Waals surface area contributed by atoms with Gasteiger partial charge < -0.3 is 5.73 Å². The Kier molecular flexibility index (Phi) is 3.74. The van der Waals surface area contributed by atoms with Crippen molar-refractivity contribution in [3.8, 4) is 0 Å². The molecule has 1 fully saturated rings. The monoisotopic (exact) mass is 272 g/mol. The van der Waals surface area contributed by atoms with E-state index in [1.54, 1.807) is 6.07 Å². The number of hydrogen-bond donors (Lipinski definition) is 1. The third-order valence-corrected chi connectivity index (χ3v) is 5.01. The standard InChI is InChI=1S/C11H20N4O2S/c1-9(2)15-11(5-6-13-15)18(16,17)14-7-3-4-10(12)8-14/h5-6,9-10H,3-4,7-8,12H2,1-2H3/t10-/m0/s1. The molecule has 0 unspecified atom stereocenters. The third-order valence-electron chi connectivity index (χ3n) is 3.15. The number of rotatable bonds is 3. The smallest absolute Gasteiger partial charge is 0.260 e. The lowest BCUT2D eigenvalue weighted by molar-refractivity contribution is 0.312. The lowest BCUT2D eigenvalue weighted by atomic mass is 10.1. The third kappa shape index (κ3) is 2.43. The Balaban J connectivity index is 2.33. The summed E-state index contributed by atoms with van der Waals surface area (Å²) in [6.45, 7) is 4.76. The lowest BCUT2D eigenvalue weighted by Crippen LogP contribution is -2.46. The van der Waals surface area contributed by atoms with Crippen LogP contribution in [0, 0.1) is 0 Å². The first kappa shape index (κ1) is 13.5. The van der Waals surface area contributed by atoms with Crippen molar-refractivity contribution >= 4 is 10.0 Å². The topological polar surface area (TPSA) is 81.2 Å². The average molecular weight is 272 g/mol. The van der Waals surface area contributed by atoms with Crippen molar-refractivity contribution < 1.29 is 8.42 Å². The first-order chi connectivity index (χ1) is 8.43. The zero-order valence-corrected chi connectivity index (χ0v) is 11.6. The molecule has 2 N–H and O–H groups in total. The molecule has 0 spiro atoms. The molecule has 0 aromatic carbocycles. The zero-order valence-electron chi connectivity index (χ0n) is 10.8. The van der Waals surface area contributed by atoms with E-state index < -0.39 is 10.0 Å². The maximum atomic E-state index is 12.5. The number of nitrogens with zero attached hydrogens (tertiary/aromatic N) is 3. The highest BCUT2D eigenvalue weighted by Gasteiger charge is 2.31. The fraction of sp³-hybridized carbons (Fsp3) is 0.727. The van der Waals surface area contributed by atoms with Crippen molar-refractivity contribution in [1.82, 2.24) is 14.1 Å². The van der Waals surface area contributed by atoms with Crippen LogP contribution in [-0.2, 0) is 10.0 Å². The molecule has 2 rings (SSSR count). The van der Waals surface area contributed by atoms with E-state index in [2.05, 4.69) is 5.10 Å². The highest BCUT2D eigenvalue weighted by molar-refractivity contribution is 7.89. The number of piperidine rings is 1. The van der Waals surface area contributed by atoms with Gasteiger partial charge in [-0.15, -0.1) is 0 Å². The van der Waals surface area contributed by atoms with Crippen molar-refractivity contribution in [2.45, 2.75) is 43.8 Å². The Hall–Kier alpha value is -0.920. The number of nitrogens with two attached hydrogens (primary N) is 1. The van der Waals surface area contributed by atoms with Gasteiger partial charge in [-0.3, -0.25) is 4.68 Å². The quantitative estimate of drug-likeness (QED) is 0.872. The molecule has 0 bridgehead atoms. The largest absolute Gasteiger partial charge is 0.327 e. The van der Waals surface area contributed by atoms with Gasteiger partial charge in [0, 0.05) is 25.2 Å². The fourth-order valence-electron chi connectivity index (χ4n) is 2.22. The summed E-state index contributed by atoms with van der Waals surface area (Å²) in [5, 5.41) is 4.33. The van der Waals surface area contributed by atoms with Crippen LogP contribution >= 0.6 is 0 Å². The summed E-state index contributed by atoms with van der Waals surface area (Å²) in [5.74, 6) is 0. The Labute approximate surface area is 108 Å². The van der Waals surface area contributed by atoms with Crippen molar-refractivity contribution in [2.75, 3.05) is 13.1 Å². The maximum Gasteiger partial charge on any atom is 0.260 e. The van der Waals surface area contributed by atoms with Crippen LogP contribution in [0.5, 0.6) is 0 Å². The molecule has 1 aliphatic rings. The zero-order chi connectivity index (χ0) is 13.3. The molecular formula is C11H20N4O2S. The second-order valence-corrected chi connectivity index (χ2v) is 6.86. The normalized spacial score (nSPS) is 22.6. The molecule has 102 valence electrons. The van der Waals surface area contributed by atoms with Crippen molar-refractivity contribution in [2.24, 2.45) is 5.73 Å². The van der Waals surface area contributed by atoms with Crippen LogP contribution < -0.4 is 5.73 Å². The predicted octanol–water partition coefficient (Wildman–Crippen LogP) is 0.576. The predicted molar refractivity (Wildman–Crippen MR) is 68.6 cm³/mol. The van der Waals surface area contributed by atoms with Gasteiger partial charge >= 0.3 is 0 Å². The molecule has 1 saturated heterocycles. The van der Waals surface area contributed by atoms with Crippen LogP contribution in [0.4, 0.5) is 0 Å². The second kappa shape index (κ2) is 4.99. The molecule has 7 heteroatoms. The Morgan fingerprint density at radius 1 is 1.50 bits per heavy atom. The molecular weight excluding hydrogens is 252 g/mol. The van der Waals surface area contributed by atoms with E-state index in [1.165, 1.54) is 15.2 Å². The molecule has 18 heavy (non-hydrogen) atoms. The van der Waals surface area contributed by atoms with Gasteiger partial charge in [0.15, 0.2) is 5.03 Å². The summed E-state index contributed by atoms with van der Waals surface area (Å²) >= 11 is 0. The highest BCUT2D eigenvalue weighted by Crippen LogP contribution is 2.21. The van der Waals surface area contributed by atoms with E-state index in [0.29, 0.717) is 13.1 Å². The summed E-state index contributed by atoms with van der Waals surface area (Å²) in [6, 6.07) is 1.50. The van der Waals surface area contributed by atoms with Crippen LogP contribution in [0.15, 0.2) is 17.3 Å². The van der Waals surface area contributed by atoms with Crippen LogP contribution in [0.1, 0.15) is 32.7 Å². The van der Waals surface area contributed by atoms with E-state index in [1.807, 2.05) is 13.8 Å². The molecule has 0 amide bonds. The first-order valence-electron chi connectivity index (χ1n) is 6.22. The van der Waals surface area contributed by atoms with Gasteiger partial charge in [0.05, 0.1) is 6.20 Å². The van der Waals surface area contributed by atoms with E-state index >= 15 is 0 Å². The number of hydrogen-bond acceptors (Lipinski definition) is 4. The van der Waals surface area contributed by atoms with Crippen LogP contribution in [-0.4, -0.2) is 41.6 Å². The molecule has 0 radical (unpaired) electrons. The molecule has 1 aromatic rings. The molecule has 1 aliphatic heterocycles. The van der Waals surface area contributed by atoms with E-state index in [4.69, 9.17) is 5.73 Å². The Bertz CT molecular complexity index is 509. The van der Waals surface area contributed by atoms with Crippen molar-refractivity contribution in [1.29, 1.82) is 0 Å². The summed E-state index contributed by atoms with van der Waals surface area (Å²) in [6.07, 6.45) is 3.22. The number of aromatic nitrogens is 2. The lowest BCUT2D eigenvalue weighted by Gasteiger charge is -2.30. The summed E-state index contributed by atoms with van der Waals surface area (Å²) in [7, 11) is -3.47. The molecule has 6 nitrogen and oxygen atoms in total. The van der Waals surface area contributed by atoms with E-state index in [-0.39, 0.29) is 17.1 Å². The molecule has 1 aromatic heterocycles. The second-order valence-electron chi connectivity index (χ2n) is 4.97. The first-order valence-corrected chi connectivity index (χ1v) is 7.66. The van der Waals surface area contributed by atoms with Crippen molar-refractivity contribution in [3.63, 3.8) is 0 Å². The van der Waals surface area contributed by atoms with Gasteiger partial charge in [-0.05, 0) is 32.8 Å². The minimum absolute atomic E-state index is 0.0169. The molecule has 1 atom stereocenters. The molecule has 2 heterocycles. The Morgan fingerprint density at radius 3 is 2.83 bits per heavy atom. The van der Waals surface area contributed by atoms with Gasteiger partial charge in [0.1, 0.15) is 0 Å². The minimum atomic E-state index is -3.47. The van der Waals surface area contributed by atoms with E-state index in [9.17, 15) is 8.42 Å². The molecule has 0 aliphatic carbocycles. The average Bonchev–Trinajstić information content (AvgIpc) is 2.78. The van der Waals surface area contributed by atoms with Gasteiger partial charge in [0.25, 0.3) is 10.0 Å². The molecule has 0 saturated carbocycles. The number of sulfonamides is 1. The summed E-state index contributed by atoms with van der Waals surface area (Å²) < 4.78 is 28.1. The summed E-state index contributed by atoms with van der Waals surface area (Å²) in [5.41, 5.74) is 5.84. The van der Waals surface area contributed by atoms with Gasteiger partial charge in [0.2, 0.25) is 0 Å². The van der Waals surface area contributed by atoms with Crippen LogP contribution in [0.3, 0.4) is 0 Å². The maximum absolute atomic E-state index is 12.5. The van der Waals surface area contributed by atoms with Crippen molar-refractivity contribution in [3.05, 3.63) is 12.3 Å². The highest BCUT2D eigenvalue weighted by atomic mass is 32.2.